The predicted octanol–water partition coefficient (Wildman–Crippen LogP) is 3.27. The van der Waals surface area contributed by atoms with Gasteiger partial charge < -0.3 is 20.6 Å². The molecule has 8 nitrogen and oxygen atoms in total. The first-order valence-electron chi connectivity index (χ1n) is 10.1. The van der Waals surface area contributed by atoms with Gasteiger partial charge in [-0.15, -0.1) is 0 Å². The van der Waals surface area contributed by atoms with Crippen molar-refractivity contribution in [3.63, 3.8) is 0 Å². The number of carbonyl (C=O) groups is 1. The van der Waals surface area contributed by atoms with Crippen molar-refractivity contribution in [1.82, 2.24) is 14.9 Å². The van der Waals surface area contributed by atoms with Gasteiger partial charge in [0, 0.05) is 50.2 Å². The zero-order chi connectivity index (χ0) is 24.3. The predicted molar refractivity (Wildman–Crippen MR) is 138 cm³/mol. The highest BCUT2D eigenvalue weighted by Crippen LogP contribution is 2.32. The smallest absolute Gasteiger partial charge is 0.259 e. The number of hydrogen-bond donors (Lipinski definition) is 3. The topological polar surface area (TPSA) is 99.5 Å². The summed E-state index contributed by atoms with van der Waals surface area (Å²) in [5.41, 5.74) is 0.904. The van der Waals surface area contributed by atoms with Crippen LogP contribution in [0.25, 0.3) is 11.1 Å². The molecule has 2 heterocycles. The van der Waals surface area contributed by atoms with Crippen molar-refractivity contribution in [2.45, 2.75) is 13.0 Å². The minimum Gasteiger partial charge on any atom is -0.394 e. The molecule has 2 aromatic heterocycles. The van der Waals surface area contributed by atoms with E-state index in [0.29, 0.717) is 22.2 Å². The molecule has 0 aliphatic heterocycles. The number of aliphatic hydroxyl groups excluding tert-OH is 1. The highest BCUT2D eigenvalue weighted by molar-refractivity contribution is 7.59. The van der Waals surface area contributed by atoms with Crippen molar-refractivity contribution in [2.24, 2.45) is 7.05 Å². The number of benzene rings is 1. The number of aromatic nitrogens is 2. The molecule has 3 rings (SSSR count). The van der Waals surface area contributed by atoms with Gasteiger partial charge >= 0.3 is 0 Å². The maximum atomic E-state index is 14.6. The molecule has 0 spiro atoms. The fourth-order valence-electron chi connectivity index (χ4n) is 3.43. The lowest BCUT2D eigenvalue weighted by molar-refractivity contribution is 0.0923. The standard InChI is InChI=1S/C23H25ClFN5O3.H2S/c1-13(12-31)27-21(32)17-11-26-8-7-19(17)28-20-10-16(15-9-14(24)5-6-18(15)25)23(33)30(4)22(20)29(2)3;/h5-11,13,31H,12H2,1-4H3,(H,26,28)(H,27,32);1H2/t13-;/m0./s1. The zero-order valence-corrected chi connectivity index (χ0v) is 20.9. The quantitative estimate of drug-likeness (QED) is 0.454. The van der Waals surface area contributed by atoms with Crippen LogP contribution < -0.4 is 21.1 Å². The average molecular weight is 508 g/mol. The van der Waals surface area contributed by atoms with Crippen LogP contribution in [0.15, 0.2) is 47.5 Å². The van der Waals surface area contributed by atoms with Gasteiger partial charge in [-0.3, -0.25) is 19.1 Å². The summed E-state index contributed by atoms with van der Waals surface area (Å²) in [5, 5.41) is 15.4. The molecule has 0 radical (unpaired) electrons. The van der Waals surface area contributed by atoms with E-state index in [1.54, 1.807) is 39.0 Å². The Morgan fingerprint density at radius 2 is 1.94 bits per heavy atom. The van der Waals surface area contributed by atoms with Crippen molar-refractivity contribution >= 4 is 48.2 Å². The van der Waals surface area contributed by atoms with E-state index < -0.39 is 23.3 Å². The van der Waals surface area contributed by atoms with Crippen molar-refractivity contribution < 1.29 is 14.3 Å². The lowest BCUT2D eigenvalue weighted by atomic mass is 10.1. The Kier molecular flexibility index (Phi) is 9.08. The SMILES string of the molecule is C[C@@H](CO)NC(=O)c1cnccc1Nc1cc(-c2cc(Cl)ccc2F)c(=O)n(C)c1N(C)C.S. The fraction of sp³-hybridized carbons (Fsp3) is 0.261. The second kappa shape index (κ2) is 11.4. The van der Waals surface area contributed by atoms with Crippen LogP contribution in [0.1, 0.15) is 17.3 Å². The number of carbonyl (C=O) groups excluding carboxylic acids is 1. The second-order valence-electron chi connectivity index (χ2n) is 7.78. The number of nitrogens with one attached hydrogen (secondary N) is 2. The second-order valence-corrected chi connectivity index (χ2v) is 8.22. The molecule has 0 aliphatic carbocycles. The number of amides is 1. The van der Waals surface area contributed by atoms with Gasteiger partial charge in [0.25, 0.3) is 11.5 Å². The molecule has 1 atom stereocenters. The summed E-state index contributed by atoms with van der Waals surface area (Å²) in [4.78, 5) is 31.6. The van der Waals surface area contributed by atoms with Crippen molar-refractivity contribution in [3.8, 4) is 11.1 Å². The molecule has 1 aromatic carbocycles. The fourth-order valence-corrected chi connectivity index (χ4v) is 3.61. The first kappa shape index (κ1) is 27.2. The van der Waals surface area contributed by atoms with Gasteiger partial charge in [0.1, 0.15) is 11.6 Å². The van der Waals surface area contributed by atoms with Crippen LogP contribution in [-0.4, -0.2) is 47.3 Å². The minimum atomic E-state index is -0.581. The molecule has 34 heavy (non-hydrogen) atoms. The van der Waals surface area contributed by atoms with Gasteiger partial charge in [-0.2, -0.15) is 13.5 Å². The molecule has 0 bridgehead atoms. The third-order valence-corrected chi connectivity index (χ3v) is 5.25. The number of aliphatic hydroxyl groups is 1. The summed E-state index contributed by atoms with van der Waals surface area (Å²) in [7, 11) is 5.11. The molecular weight excluding hydrogens is 481 g/mol. The normalized spacial score (nSPS) is 11.4. The van der Waals surface area contributed by atoms with E-state index in [-0.39, 0.29) is 36.8 Å². The Bertz CT molecular complexity index is 1250. The Morgan fingerprint density at radius 1 is 1.24 bits per heavy atom. The summed E-state index contributed by atoms with van der Waals surface area (Å²) < 4.78 is 16.0. The molecule has 3 N–H and O–H groups in total. The molecule has 182 valence electrons. The van der Waals surface area contributed by atoms with E-state index in [4.69, 9.17) is 11.6 Å². The Labute approximate surface area is 208 Å². The highest BCUT2D eigenvalue weighted by Gasteiger charge is 2.20. The Hall–Kier alpha value is -3.08. The van der Waals surface area contributed by atoms with Gasteiger partial charge in [0.15, 0.2) is 0 Å². The van der Waals surface area contributed by atoms with Gasteiger partial charge in [-0.05, 0) is 37.3 Å². The number of rotatable bonds is 7. The Balaban J connectivity index is 0.00000408. The summed E-state index contributed by atoms with van der Waals surface area (Å²) in [5.74, 6) is -0.496. The van der Waals surface area contributed by atoms with Crippen LogP contribution in [-0.2, 0) is 7.05 Å². The van der Waals surface area contributed by atoms with Crippen LogP contribution in [0.3, 0.4) is 0 Å². The zero-order valence-electron chi connectivity index (χ0n) is 19.2. The molecule has 0 aliphatic rings. The average Bonchev–Trinajstić information content (AvgIpc) is 2.77. The van der Waals surface area contributed by atoms with Gasteiger partial charge in [0.05, 0.1) is 29.1 Å². The lowest BCUT2D eigenvalue weighted by Gasteiger charge is -2.24. The monoisotopic (exact) mass is 507 g/mol. The summed E-state index contributed by atoms with van der Waals surface area (Å²) in [6.07, 6.45) is 2.92. The lowest BCUT2D eigenvalue weighted by Crippen LogP contribution is -2.35. The largest absolute Gasteiger partial charge is 0.394 e. The highest BCUT2D eigenvalue weighted by atomic mass is 35.5. The minimum absolute atomic E-state index is 0. The number of halogens is 2. The van der Waals surface area contributed by atoms with E-state index >= 15 is 0 Å². The number of anilines is 3. The molecule has 0 unspecified atom stereocenters. The first-order valence-corrected chi connectivity index (χ1v) is 10.5. The van der Waals surface area contributed by atoms with E-state index in [2.05, 4.69) is 15.6 Å². The van der Waals surface area contributed by atoms with E-state index in [1.807, 2.05) is 0 Å². The van der Waals surface area contributed by atoms with Crippen LogP contribution in [0.5, 0.6) is 0 Å². The number of pyridine rings is 2. The van der Waals surface area contributed by atoms with Crippen molar-refractivity contribution in [3.05, 3.63) is 69.5 Å². The summed E-state index contributed by atoms with van der Waals surface area (Å²) in [6, 6.07) is 6.71. The molecular formula is C23H27ClFN5O3S. The molecule has 1 amide bonds. The number of nitrogens with zero attached hydrogens (tertiary/aromatic N) is 3. The Morgan fingerprint density at radius 3 is 2.59 bits per heavy atom. The van der Waals surface area contributed by atoms with Crippen molar-refractivity contribution in [1.29, 1.82) is 0 Å². The first-order chi connectivity index (χ1) is 15.6. The summed E-state index contributed by atoms with van der Waals surface area (Å²) >= 11 is 6.05. The van der Waals surface area contributed by atoms with Crippen LogP contribution in [0, 0.1) is 5.82 Å². The van der Waals surface area contributed by atoms with E-state index in [9.17, 15) is 19.1 Å². The summed E-state index contributed by atoms with van der Waals surface area (Å²) in [6.45, 7) is 1.46. The van der Waals surface area contributed by atoms with E-state index in [0.717, 1.165) is 0 Å². The van der Waals surface area contributed by atoms with Crippen molar-refractivity contribution in [2.75, 3.05) is 30.9 Å². The maximum Gasteiger partial charge on any atom is 0.259 e. The molecule has 0 saturated heterocycles. The van der Waals surface area contributed by atoms with Gasteiger partial charge in [-0.1, -0.05) is 11.6 Å². The maximum absolute atomic E-state index is 14.6. The van der Waals surface area contributed by atoms with Gasteiger partial charge in [-0.25, -0.2) is 4.39 Å². The van der Waals surface area contributed by atoms with Crippen LogP contribution >= 0.6 is 25.1 Å². The third-order valence-electron chi connectivity index (χ3n) is 5.01. The molecule has 3 aromatic rings. The van der Waals surface area contributed by atoms with Crippen LogP contribution in [0.4, 0.5) is 21.6 Å². The molecule has 11 heteroatoms. The third kappa shape index (κ3) is 5.69. The molecule has 0 fully saturated rings. The van der Waals surface area contributed by atoms with Gasteiger partial charge in [0.2, 0.25) is 0 Å². The number of hydrogen-bond acceptors (Lipinski definition) is 6. The van der Waals surface area contributed by atoms with Crippen LogP contribution in [0.2, 0.25) is 5.02 Å². The van der Waals surface area contributed by atoms with E-state index in [1.165, 1.54) is 41.2 Å². The molecule has 0 saturated carbocycles.